The maximum atomic E-state index is 5.78. The number of hydrogen-bond acceptors (Lipinski definition) is 4. The molecule has 24 heavy (non-hydrogen) atoms. The van der Waals surface area contributed by atoms with Crippen LogP contribution in [-0.2, 0) is 0 Å². The van der Waals surface area contributed by atoms with Gasteiger partial charge in [-0.15, -0.1) is 0 Å². The highest BCUT2D eigenvalue weighted by molar-refractivity contribution is 5.75. The van der Waals surface area contributed by atoms with E-state index in [9.17, 15) is 0 Å². The number of methoxy groups -OCH3 is 2. The highest BCUT2D eigenvalue weighted by Crippen LogP contribution is 2.32. The number of benzene rings is 2. The third-order valence-electron chi connectivity index (χ3n) is 3.99. The average molecular weight is 320 g/mol. The van der Waals surface area contributed by atoms with E-state index in [0.717, 1.165) is 45.1 Å². The van der Waals surface area contributed by atoms with Crippen LogP contribution in [-0.4, -0.2) is 19.2 Å². The van der Waals surface area contributed by atoms with Gasteiger partial charge in [0.15, 0.2) is 0 Å². The molecule has 1 heterocycles. The summed E-state index contributed by atoms with van der Waals surface area (Å²) in [7, 11) is 3.29. The van der Waals surface area contributed by atoms with E-state index in [2.05, 4.69) is 11.1 Å². The molecule has 2 N–H and O–H groups in total. The second kappa shape index (κ2) is 6.62. The molecule has 0 radical (unpaired) electrons. The van der Waals surface area contributed by atoms with Crippen LogP contribution >= 0.6 is 0 Å². The predicted molar refractivity (Wildman–Crippen MR) is 97.4 cm³/mol. The summed E-state index contributed by atoms with van der Waals surface area (Å²) in [4.78, 5) is 4.55. The van der Waals surface area contributed by atoms with Crippen LogP contribution in [0.25, 0.3) is 22.3 Å². The SMILES string of the molecule is COc1cc(OC)cc(-c2cnc(C)c(-c3ccc(N)cc3)c2)c1. The van der Waals surface area contributed by atoms with Crippen molar-refractivity contribution in [1.82, 2.24) is 4.98 Å². The van der Waals surface area contributed by atoms with Crippen molar-refractivity contribution in [2.24, 2.45) is 0 Å². The Morgan fingerprint density at radius 2 is 1.42 bits per heavy atom. The zero-order valence-electron chi connectivity index (χ0n) is 14.0. The minimum absolute atomic E-state index is 0.748. The van der Waals surface area contributed by atoms with Gasteiger partial charge >= 0.3 is 0 Å². The number of hydrogen-bond donors (Lipinski definition) is 1. The summed E-state index contributed by atoms with van der Waals surface area (Å²) in [5.41, 5.74) is 11.7. The number of nitrogen functional groups attached to an aromatic ring is 1. The van der Waals surface area contributed by atoms with Gasteiger partial charge in [0.1, 0.15) is 11.5 Å². The quantitative estimate of drug-likeness (QED) is 0.727. The van der Waals surface area contributed by atoms with Crippen molar-refractivity contribution < 1.29 is 9.47 Å². The number of nitrogens with zero attached hydrogens (tertiary/aromatic N) is 1. The number of nitrogens with two attached hydrogens (primary N) is 1. The molecule has 122 valence electrons. The Balaban J connectivity index is 2.10. The van der Waals surface area contributed by atoms with Gasteiger partial charge in [-0.05, 0) is 48.4 Å². The zero-order chi connectivity index (χ0) is 17.1. The van der Waals surface area contributed by atoms with Crippen molar-refractivity contribution in [2.75, 3.05) is 20.0 Å². The monoisotopic (exact) mass is 320 g/mol. The first-order valence-electron chi connectivity index (χ1n) is 7.66. The lowest BCUT2D eigenvalue weighted by atomic mass is 9.99. The Labute approximate surface area is 141 Å². The third kappa shape index (κ3) is 3.18. The van der Waals surface area contributed by atoms with E-state index in [1.54, 1.807) is 14.2 Å². The zero-order valence-corrected chi connectivity index (χ0v) is 14.0. The Hall–Kier alpha value is -3.01. The topological polar surface area (TPSA) is 57.4 Å². The summed E-state index contributed by atoms with van der Waals surface area (Å²) in [5.74, 6) is 1.50. The molecular formula is C20H20N2O2. The molecule has 3 aromatic rings. The van der Waals surface area contributed by atoms with Crippen LogP contribution in [0.2, 0.25) is 0 Å². The molecule has 2 aromatic carbocycles. The fourth-order valence-corrected chi connectivity index (χ4v) is 2.62. The lowest BCUT2D eigenvalue weighted by Gasteiger charge is -2.11. The number of rotatable bonds is 4. The van der Waals surface area contributed by atoms with Crippen LogP contribution < -0.4 is 15.2 Å². The van der Waals surface area contributed by atoms with E-state index in [1.165, 1.54) is 0 Å². The standard InChI is InChI=1S/C20H20N2O2/c1-13-20(14-4-6-17(21)7-5-14)10-16(12-22-13)15-8-18(23-2)11-19(9-15)24-3/h4-12H,21H2,1-3H3. The molecule has 0 bridgehead atoms. The predicted octanol–water partition coefficient (Wildman–Crippen LogP) is 4.32. The van der Waals surface area contributed by atoms with Crippen molar-refractivity contribution in [1.29, 1.82) is 0 Å². The second-order valence-electron chi connectivity index (χ2n) is 5.58. The first kappa shape index (κ1) is 15.9. The van der Waals surface area contributed by atoms with E-state index < -0.39 is 0 Å². The molecule has 1 aromatic heterocycles. The Bertz CT molecular complexity index is 836. The molecule has 4 nitrogen and oxygen atoms in total. The molecule has 0 spiro atoms. The van der Waals surface area contributed by atoms with Crippen LogP contribution in [0, 0.1) is 6.92 Å². The summed E-state index contributed by atoms with van der Waals surface area (Å²) in [6.07, 6.45) is 1.87. The van der Waals surface area contributed by atoms with Crippen molar-refractivity contribution in [2.45, 2.75) is 6.92 Å². The first-order valence-corrected chi connectivity index (χ1v) is 7.66. The number of anilines is 1. The van der Waals surface area contributed by atoms with Crippen LogP contribution in [0.4, 0.5) is 5.69 Å². The van der Waals surface area contributed by atoms with Crippen molar-refractivity contribution in [3.8, 4) is 33.8 Å². The summed E-state index contributed by atoms with van der Waals surface area (Å²) >= 11 is 0. The van der Waals surface area contributed by atoms with Gasteiger partial charge in [-0.3, -0.25) is 4.98 Å². The smallest absolute Gasteiger partial charge is 0.123 e. The average Bonchev–Trinajstić information content (AvgIpc) is 2.62. The fraction of sp³-hybridized carbons (Fsp3) is 0.150. The minimum Gasteiger partial charge on any atom is -0.497 e. The van der Waals surface area contributed by atoms with E-state index in [0.29, 0.717) is 0 Å². The molecule has 0 saturated carbocycles. The molecule has 3 rings (SSSR count). The van der Waals surface area contributed by atoms with Crippen molar-refractivity contribution in [3.05, 3.63) is 60.4 Å². The second-order valence-corrected chi connectivity index (χ2v) is 5.58. The van der Waals surface area contributed by atoms with Gasteiger partial charge in [0.2, 0.25) is 0 Å². The molecule has 0 fully saturated rings. The Morgan fingerprint density at radius 1 is 0.792 bits per heavy atom. The number of ether oxygens (including phenoxy) is 2. The van der Waals surface area contributed by atoms with E-state index >= 15 is 0 Å². The maximum absolute atomic E-state index is 5.78. The van der Waals surface area contributed by atoms with Crippen LogP contribution in [0.3, 0.4) is 0 Å². The van der Waals surface area contributed by atoms with Gasteiger partial charge in [-0.2, -0.15) is 0 Å². The summed E-state index contributed by atoms with van der Waals surface area (Å²) in [6.45, 7) is 2.00. The number of aryl methyl sites for hydroxylation is 1. The van der Waals surface area contributed by atoms with E-state index in [4.69, 9.17) is 15.2 Å². The molecular weight excluding hydrogens is 300 g/mol. The van der Waals surface area contributed by atoms with E-state index in [1.807, 2.05) is 55.6 Å². The highest BCUT2D eigenvalue weighted by Gasteiger charge is 2.09. The highest BCUT2D eigenvalue weighted by atomic mass is 16.5. The molecule has 0 atom stereocenters. The lowest BCUT2D eigenvalue weighted by Crippen LogP contribution is -1.92. The lowest BCUT2D eigenvalue weighted by molar-refractivity contribution is 0.394. The molecule has 0 amide bonds. The molecule has 0 unspecified atom stereocenters. The summed E-state index contributed by atoms with van der Waals surface area (Å²) < 4.78 is 10.7. The van der Waals surface area contributed by atoms with Crippen LogP contribution in [0.1, 0.15) is 5.69 Å². The van der Waals surface area contributed by atoms with E-state index in [-0.39, 0.29) is 0 Å². The molecule has 0 aliphatic rings. The van der Waals surface area contributed by atoms with Gasteiger partial charge in [0.05, 0.1) is 14.2 Å². The summed E-state index contributed by atoms with van der Waals surface area (Å²) in [5, 5.41) is 0. The van der Waals surface area contributed by atoms with Gasteiger partial charge in [-0.25, -0.2) is 0 Å². The van der Waals surface area contributed by atoms with Crippen molar-refractivity contribution >= 4 is 5.69 Å². The molecule has 0 aliphatic heterocycles. The third-order valence-corrected chi connectivity index (χ3v) is 3.99. The van der Waals surface area contributed by atoms with Gasteiger partial charge in [0.25, 0.3) is 0 Å². The van der Waals surface area contributed by atoms with Crippen LogP contribution in [0.15, 0.2) is 54.7 Å². The maximum Gasteiger partial charge on any atom is 0.123 e. The van der Waals surface area contributed by atoms with Gasteiger partial charge in [0, 0.05) is 34.8 Å². The first-order chi connectivity index (χ1) is 11.6. The number of pyridine rings is 1. The van der Waals surface area contributed by atoms with Gasteiger partial charge in [-0.1, -0.05) is 12.1 Å². The Morgan fingerprint density at radius 3 is 2.00 bits per heavy atom. The normalized spacial score (nSPS) is 10.5. The van der Waals surface area contributed by atoms with Crippen molar-refractivity contribution in [3.63, 3.8) is 0 Å². The fourth-order valence-electron chi connectivity index (χ4n) is 2.62. The Kier molecular flexibility index (Phi) is 4.38. The largest absolute Gasteiger partial charge is 0.497 e. The number of aromatic nitrogens is 1. The summed E-state index contributed by atoms with van der Waals surface area (Å²) in [6, 6.07) is 15.7. The molecule has 4 heteroatoms. The van der Waals surface area contributed by atoms with Crippen LogP contribution in [0.5, 0.6) is 11.5 Å². The van der Waals surface area contributed by atoms with Gasteiger partial charge < -0.3 is 15.2 Å². The minimum atomic E-state index is 0.748. The molecule has 0 saturated heterocycles. The molecule has 0 aliphatic carbocycles.